The van der Waals surface area contributed by atoms with E-state index in [2.05, 4.69) is 0 Å². The predicted molar refractivity (Wildman–Crippen MR) is 25.3 cm³/mol. The molecule has 0 aromatic carbocycles. The fourth-order valence-corrected chi connectivity index (χ4v) is 0. The Morgan fingerprint density at radius 3 is 1.29 bits per heavy atom. The molecule has 4 nitrogen and oxygen atoms in total. The van der Waals surface area contributed by atoms with Crippen LogP contribution in [0.1, 0.15) is 1.43 Å². The molecule has 0 saturated carbocycles. The van der Waals surface area contributed by atoms with Gasteiger partial charge in [-0.05, 0) is 0 Å². The molecule has 0 aromatic rings. The van der Waals surface area contributed by atoms with Gasteiger partial charge in [0.15, 0.2) is 17.4 Å². The quantitative estimate of drug-likeness (QED) is 0.240. The Balaban J connectivity index is -0.0000000267. The Kier molecular flexibility index (Phi) is 13.1. The summed E-state index contributed by atoms with van der Waals surface area (Å²) < 4.78 is 8.88. The minimum Gasteiger partial charge on any atom is -1.00 e. The van der Waals surface area contributed by atoms with Gasteiger partial charge < -0.3 is 16.1 Å². The topological polar surface area (TPSA) is 77.8 Å². The summed E-state index contributed by atoms with van der Waals surface area (Å²) in [6, 6.07) is 0. The molecular weight excluding hydrogens is 145 g/mol. The zero-order valence-corrected chi connectivity index (χ0v) is 6.09. The summed E-state index contributed by atoms with van der Waals surface area (Å²) in [5, 5.41) is 0. The SMILES string of the molecule is O=P(O)(O)O.[AlH3].[H-].[Na+]. The average Bonchev–Trinajstić information content (AvgIpc) is 0.722. The maximum absolute atomic E-state index is 8.88. The largest absolute Gasteiger partial charge is 1.00 e. The predicted octanol–water partition coefficient (Wildman–Crippen LogP) is -5.00. The van der Waals surface area contributed by atoms with Crippen LogP contribution in [0.3, 0.4) is 0 Å². The van der Waals surface area contributed by atoms with Crippen LogP contribution in [0.4, 0.5) is 0 Å². The summed E-state index contributed by atoms with van der Waals surface area (Å²) >= 11 is 0. The van der Waals surface area contributed by atoms with E-state index in [0.717, 1.165) is 0 Å². The number of phosphoric acid groups is 1. The zero-order valence-electron chi connectivity index (χ0n) is 4.20. The van der Waals surface area contributed by atoms with Crippen molar-refractivity contribution in [2.45, 2.75) is 0 Å². The second-order valence-electron chi connectivity index (χ2n) is 0.513. The van der Waals surface area contributed by atoms with Gasteiger partial charge in [-0.1, -0.05) is 0 Å². The number of hydrogen-bond acceptors (Lipinski definition) is 1. The molecular formula is H7AlNaO4P. The molecule has 7 heteroatoms. The van der Waals surface area contributed by atoms with E-state index in [-0.39, 0.29) is 48.3 Å². The van der Waals surface area contributed by atoms with E-state index in [0.29, 0.717) is 0 Å². The third-order valence-electron chi connectivity index (χ3n) is 0. The Morgan fingerprint density at radius 2 is 1.29 bits per heavy atom. The molecule has 0 unspecified atom stereocenters. The second-order valence-corrected chi connectivity index (χ2v) is 1.54. The van der Waals surface area contributed by atoms with Crippen LogP contribution in [0, 0.1) is 0 Å². The molecule has 0 spiro atoms. The van der Waals surface area contributed by atoms with E-state index in [1.807, 2.05) is 0 Å². The molecule has 3 N–H and O–H groups in total. The van der Waals surface area contributed by atoms with Gasteiger partial charge in [0.05, 0.1) is 0 Å². The van der Waals surface area contributed by atoms with Crippen LogP contribution in [-0.4, -0.2) is 32.0 Å². The Labute approximate surface area is 75.1 Å². The molecule has 0 fully saturated rings. The molecule has 0 heterocycles. The van der Waals surface area contributed by atoms with Crippen molar-refractivity contribution < 1.29 is 50.2 Å². The van der Waals surface area contributed by atoms with Gasteiger partial charge in [0.1, 0.15) is 0 Å². The molecule has 0 atom stereocenters. The van der Waals surface area contributed by atoms with E-state index < -0.39 is 7.82 Å². The van der Waals surface area contributed by atoms with Crippen molar-refractivity contribution in [2.24, 2.45) is 0 Å². The van der Waals surface area contributed by atoms with Crippen molar-refractivity contribution >= 4 is 25.2 Å². The molecule has 0 aromatic heterocycles. The van der Waals surface area contributed by atoms with Gasteiger partial charge in [-0.3, -0.25) is 0 Å². The Morgan fingerprint density at radius 1 is 1.29 bits per heavy atom. The number of hydrogen-bond donors (Lipinski definition) is 3. The monoisotopic (exact) mass is 152 g/mol. The summed E-state index contributed by atoms with van der Waals surface area (Å²) in [5.74, 6) is 0. The van der Waals surface area contributed by atoms with Crippen LogP contribution in [0.2, 0.25) is 0 Å². The first-order chi connectivity index (χ1) is 2.00. The summed E-state index contributed by atoms with van der Waals surface area (Å²) in [6.07, 6.45) is 0. The summed E-state index contributed by atoms with van der Waals surface area (Å²) in [7, 11) is -4.64. The zero-order chi connectivity index (χ0) is 4.50. The fraction of sp³-hybridized carbons (Fsp3) is 0. The maximum atomic E-state index is 8.88. The summed E-state index contributed by atoms with van der Waals surface area (Å²) in [4.78, 5) is 21.6. The van der Waals surface area contributed by atoms with Gasteiger partial charge in [-0.15, -0.1) is 0 Å². The molecule has 0 aliphatic carbocycles. The normalized spacial score (nSPS) is 8.43. The van der Waals surface area contributed by atoms with Gasteiger partial charge in [-0.2, -0.15) is 0 Å². The van der Waals surface area contributed by atoms with Crippen LogP contribution < -0.4 is 29.6 Å². The number of rotatable bonds is 0. The van der Waals surface area contributed by atoms with Crippen LogP contribution in [0.15, 0.2) is 0 Å². The minimum absolute atomic E-state index is 0. The fourth-order valence-electron chi connectivity index (χ4n) is 0. The van der Waals surface area contributed by atoms with Crippen LogP contribution in [0.25, 0.3) is 0 Å². The molecule has 0 saturated heterocycles. The Bertz CT molecular complexity index is 62.2. The van der Waals surface area contributed by atoms with Gasteiger partial charge in [-0.25, -0.2) is 4.57 Å². The van der Waals surface area contributed by atoms with Crippen molar-refractivity contribution in [3.8, 4) is 0 Å². The molecule has 0 amide bonds. The van der Waals surface area contributed by atoms with Crippen molar-refractivity contribution in [1.29, 1.82) is 0 Å². The van der Waals surface area contributed by atoms with E-state index >= 15 is 0 Å². The smallest absolute Gasteiger partial charge is 1.00 e. The minimum atomic E-state index is -4.64. The first-order valence-corrected chi connectivity index (χ1v) is 2.35. The van der Waals surface area contributed by atoms with Gasteiger partial charge >= 0.3 is 37.4 Å². The summed E-state index contributed by atoms with van der Waals surface area (Å²) in [6.45, 7) is 0. The van der Waals surface area contributed by atoms with E-state index in [4.69, 9.17) is 19.2 Å². The average molecular weight is 152 g/mol. The maximum Gasteiger partial charge on any atom is 1.00 e. The molecule has 0 aliphatic heterocycles. The molecule has 40 valence electrons. The van der Waals surface area contributed by atoms with Gasteiger partial charge in [0.25, 0.3) is 0 Å². The van der Waals surface area contributed by atoms with Gasteiger partial charge in [0.2, 0.25) is 0 Å². The third-order valence-corrected chi connectivity index (χ3v) is 0. The van der Waals surface area contributed by atoms with E-state index in [1.165, 1.54) is 0 Å². The standard InChI is InChI=1S/Al.Na.H3O4P.4H/c;;1-5(2,3)4;;;;/h;;(H3,1,2,3,4);;;;/q;+1;;;;;-1. The Hall–Kier alpha value is 1.64. The van der Waals surface area contributed by atoms with Gasteiger partial charge in [0, 0.05) is 0 Å². The first kappa shape index (κ1) is 15.9. The van der Waals surface area contributed by atoms with Crippen molar-refractivity contribution in [3.63, 3.8) is 0 Å². The van der Waals surface area contributed by atoms with Crippen molar-refractivity contribution in [1.82, 2.24) is 0 Å². The third kappa shape index (κ3) is 90.2. The molecule has 0 aliphatic rings. The second kappa shape index (κ2) is 5.77. The first-order valence-electron chi connectivity index (χ1n) is 0.783. The van der Waals surface area contributed by atoms with Crippen molar-refractivity contribution in [2.75, 3.05) is 0 Å². The molecule has 0 rings (SSSR count). The molecule has 7 heavy (non-hydrogen) atoms. The van der Waals surface area contributed by atoms with Crippen molar-refractivity contribution in [3.05, 3.63) is 0 Å². The van der Waals surface area contributed by atoms with Crippen LogP contribution in [0.5, 0.6) is 0 Å². The van der Waals surface area contributed by atoms with Crippen LogP contribution in [-0.2, 0) is 4.57 Å². The van der Waals surface area contributed by atoms with Crippen LogP contribution >= 0.6 is 7.82 Å². The molecule has 0 radical (unpaired) electrons. The van der Waals surface area contributed by atoms with E-state index in [9.17, 15) is 0 Å². The van der Waals surface area contributed by atoms with E-state index in [1.54, 1.807) is 0 Å². The summed E-state index contributed by atoms with van der Waals surface area (Å²) in [5.41, 5.74) is 0. The molecule has 0 bridgehead atoms.